The van der Waals surface area contributed by atoms with Crippen molar-refractivity contribution in [3.8, 4) is 0 Å². The zero-order valence-electron chi connectivity index (χ0n) is 17.9. The number of carbonyl (C=O) groups excluding carboxylic acids is 2. The number of carbonyl (C=O) groups is 2. The maximum absolute atomic E-state index is 12.8. The average Bonchev–Trinajstić information content (AvgIpc) is 2.98. The van der Waals surface area contributed by atoms with Crippen molar-refractivity contribution in [2.45, 2.75) is 56.9 Å². The Morgan fingerprint density at radius 1 is 1.00 bits per heavy atom. The molecule has 0 spiro atoms. The molecule has 1 aliphatic heterocycles. The zero-order valence-corrected chi connectivity index (χ0v) is 18.7. The summed E-state index contributed by atoms with van der Waals surface area (Å²) in [5, 5.41) is 2.59. The second-order valence-electron chi connectivity index (χ2n) is 8.63. The molecule has 0 saturated carbocycles. The van der Waals surface area contributed by atoms with Gasteiger partial charge in [-0.15, -0.1) is 0 Å². The molecule has 31 heavy (non-hydrogen) atoms. The number of amides is 1. The van der Waals surface area contributed by atoms with E-state index in [1.807, 2.05) is 30.3 Å². The first-order valence-corrected chi connectivity index (χ1v) is 11.8. The molecule has 3 rings (SSSR count). The predicted octanol–water partition coefficient (Wildman–Crippen LogP) is 3.29. The Balaban J connectivity index is 1.74. The highest BCUT2D eigenvalue weighted by Crippen LogP contribution is 2.26. The molecule has 0 fully saturated rings. The van der Waals surface area contributed by atoms with Crippen LogP contribution in [-0.4, -0.2) is 32.1 Å². The average molecular weight is 446 g/mol. The minimum Gasteiger partial charge on any atom is -0.459 e. The highest BCUT2D eigenvalue weighted by atomic mass is 32.2. The molecule has 0 saturated heterocycles. The summed E-state index contributed by atoms with van der Waals surface area (Å²) in [7, 11) is -3.13. The maximum atomic E-state index is 12.8. The van der Waals surface area contributed by atoms with Gasteiger partial charge in [-0.2, -0.15) is 0 Å². The van der Waals surface area contributed by atoms with Gasteiger partial charge in [-0.25, -0.2) is 18.0 Å². The molecule has 1 atom stereocenters. The van der Waals surface area contributed by atoms with Crippen molar-refractivity contribution in [2.75, 3.05) is 0 Å². The van der Waals surface area contributed by atoms with Gasteiger partial charge in [-0.3, -0.25) is 0 Å². The van der Waals surface area contributed by atoms with Crippen molar-refractivity contribution in [1.29, 1.82) is 0 Å². The molecule has 7 nitrogen and oxygen atoms in total. The monoisotopic (exact) mass is 445 g/mol. The van der Waals surface area contributed by atoms with Crippen molar-refractivity contribution in [3.63, 3.8) is 0 Å². The summed E-state index contributed by atoms with van der Waals surface area (Å²) < 4.78 is 34.5. The Labute approximate surface area is 182 Å². The summed E-state index contributed by atoms with van der Waals surface area (Å²) in [5.74, 6) is -0.581. The number of fused-ring (bicyclic) bond motifs is 1. The van der Waals surface area contributed by atoms with Crippen LogP contribution in [0.5, 0.6) is 0 Å². The lowest BCUT2D eigenvalue weighted by Crippen LogP contribution is -2.45. The van der Waals surface area contributed by atoms with Crippen molar-refractivity contribution >= 4 is 21.9 Å². The van der Waals surface area contributed by atoms with Crippen LogP contribution in [0.4, 0.5) is 4.79 Å². The molecular weight excluding hydrogens is 418 g/mol. The number of benzene rings is 2. The second-order valence-corrected chi connectivity index (χ2v) is 10.7. The lowest BCUT2D eigenvalue weighted by atomic mass is 10.0. The van der Waals surface area contributed by atoms with Crippen LogP contribution in [0, 0.1) is 0 Å². The van der Waals surface area contributed by atoms with Crippen LogP contribution < -0.4 is 5.32 Å². The Morgan fingerprint density at radius 2 is 1.68 bits per heavy atom. The molecule has 0 aromatic heterocycles. The number of hydrogen-bond acceptors (Lipinski definition) is 6. The van der Waals surface area contributed by atoms with Gasteiger partial charge < -0.3 is 14.8 Å². The third-order valence-electron chi connectivity index (χ3n) is 4.66. The van der Waals surface area contributed by atoms with E-state index in [2.05, 4.69) is 5.32 Å². The largest absolute Gasteiger partial charge is 0.459 e. The van der Waals surface area contributed by atoms with Crippen molar-refractivity contribution in [3.05, 3.63) is 70.8 Å². The van der Waals surface area contributed by atoms with E-state index in [1.165, 1.54) is 0 Å². The molecule has 0 bridgehead atoms. The number of ether oxygens (including phenoxy) is 2. The number of alkyl carbamates (subject to hydrolysis) is 1. The van der Waals surface area contributed by atoms with Gasteiger partial charge in [0.25, 0.3) is 0 Å². The minimum atomic E-state index is -3.13. The Morgan fingerprint density at radius 3 is 2.35 bits per heavy atom. The van der Waals surface area contributed by atoms with E-state index in [0.29, 0.717) is 0 Å². The van der Waals surface area contributed by atoms with Crippen molar-refractivity contribution in [1.82, 2.24) is 5.32 Å². The molecular formula is C23H27NO6S. The molecule has 0 aliphatic carbocycles. The van der Waals surface area contributed by atoms with E-state index in [1.54, 1.807) is 39.0 Å². The summed E-state index contributed by atoms with van der Waals surface area (Å²) in [6.45, 7) is 5.28. The molecule has 0 radical (unpaired) electrons. The molecule has 2 aromatic carbocycles. The normalized spacial score (nSPS) is 15.6. The smallest absolute Gasteiger partial charge is 0.408 e. The molecule has 1 amide bonds. The van der Waals surface area contributed by atoms with Gasteiger partial charge >= 0.3 is 12.1 Å². The van der Waals surface area contributed by atoms with Gasteiger partial charge in [0.05, 0.1) is 11.5 Å². The minimum absolute atomic E-state index is 0.0151. The van der Waals surface area contributed by atoms with Crippen LogP contribution in [0.3, 0.4) is 0 Å². The van der Waals surface area contributed by atoms with E-state index in [4.69, 9.17) is 9.47 Å². The van der Waals surface area contributed by atoms with Crippen LogP contribution in [0.2, 0.25) is 0 Å². The summed E-state index contributed by atoms with van der Waals surface area (Å²) in [5.41, 5.74) is 2.34. The second kappa shape index (κ2) is 9.09. The van der Waals surface area contributed by atoms with Gasteiger partial charge in [0.2, 0.25) is 0 Å². The van der Waals surface area contributed by atoms with Crippen LogP contribution in [0.15, 0.2) is 48.5 Å². The predicted molar refractivity (Wildman–Crippen MR) is 116 cm³/mol. The van der Waals surface area contributed by atoms with Gasteiger partial charge in [0.15, 0.2) is 9.84 Å². The van der Waals surface area contributed by atoms with Gasteiger partial charge in [-0.05, 0) is 43.0 Å². The molecule has 166 valence electrons. The topological polar surface area (TPSA) is 98.8 Å². The number of nitrogens with one attached hydrogen (secondary N) is 1. The fourth-order valence-corrected chi connectivity index (χ4v) is 4.91. The summed E-state index contributed by atoms with van der Waals surface area (Å²) >= 11 is 0. The fourth-order valence-electron chi connectivity index (χ4n) is 3.31. The van der Waals surface area contributed by atoms with Crippen LogP contribution in [0.25, 0.3) is 0 Å². The third kappa shape index (κ3) is 6.82. The quantitative estimate of drug-likeness (QED) is 0.685. The van der Waals surface area contributed by atoms with E-state index < -0.39 is 33.5 Å². The third-order valence-corrected chi connectivity index (χ3v) is 6.16. The summed E-state index contributed by atoms with van der Waals surface area (Å²) in [4.78, 5) is 25.1. The van der Waals surface area contributed by atoms with E-state index in [9.17, 15) is 18.0 Å². The van der Waals surface area contributed by atoms with Crippen LogP contribution >= 0.6 is 0 Å². The lowest BCUT2D eigenvalue weighted by molar-refractivity contribution is -0.147. The summed E-state index contributed by atoms with van der Waals surface area (Å²) in [6.07, 6.45) is -0.571. The lowest BCUT2D eigenvalue weighted by Gasteiger charge is -2.23. The SMILES string of the molecule is CC(C)(C)OC(=O)N[C@@H](Cc1ccc2c(c1)CS(=O)(=O)C2)C(=O)OCc1ccccc1. The molecule has 2 aromatic rings. The van der Waals surface area contributed by atoms with Gasteiger partial charge in [0.1, 0.15) is 18.2 Å². The first-order valence-electron chi connectivity index (χ1n) is 10.0. The van der Waals surface area contributed by atoms with E-state index >= 15 is 0 Å². The Kier molecular flexibility index (Phi) is 6.69. The number of rotatable bonds is 6. The number of hydrogen-bond donors (Lipinski definition) is 1. The number of sulfone groups is 1. The van der Waals surface area contributed by atoms with E-state index in [-0.39, 0.29) is 24.5 Å². The Hall–Kier alpha value is -2.87. The summed E-state index contributed by atoms with van der Waals surface area (Å²) in [6, 6.07) is 13.6. The molecule has 1 heterocycles. The molecule has 0 unspecified atom stereocenters. The highest BCUT2D eigenvalue weighted by molar-refractivity contribution is 7.90. The number of esters is 1. The standard InChI is InChI=1S/C23H27NO6S/c1-23(2,3)30-22(26)24-20(21(25)29-13-16-7-5-4-6-8-16)12-17-9-10-18-14-31(27,28)15-19(18)11-17/h4-11,20H,12-15H2,1-3H3,(H,24,26)/t20-/m0/s1. The first-order chi connectivity index (χ1) is 14.5. The Bertz CT molecular complexity index is 1060. The van der Waals surface area contributed by atoms with Crippen molar-refractivity contribution in [2.24, 2.45) is 0 Å². The van der Waals surface area contributed by atoms with Crippen molar-refractivity contribution < 1.29 is 27.5 Å². The molecule has 8 heteroatoms. The zero-order chi connectivity index (χ0) is 22.6. The maximum Gasteiger partial charge on any atom is 0.408 e. The fraction of sp³-hybridized carbons (Fsp3) is 0.391. The van der Waals surface area contributed by atoms with Crippen LogP contribution in [0.1, 0.15) is 43.0 Å². The van der Waals surface area contributed by atoms with Crippen LogP contribution in [-0.2, 0) is 48.6 Å². The van der Waals surface area contributed by atoms with Gasteiger partial charge in [-0.1, -0.05) is 48.5 Å². The molecule has 1 aliphatic rings. The molecule has 1 N–H and O–H groups in total. The first kappa shape index (κ1) is 22.8. The highest BCUT2D eigenvalue weighted by Gasteiger charge is 2.28. The van der Waals surface area contributed by atoms with E-state index in [0.717, 1.165) is 22.3 Å². The van der Waals surface area contributed by atoms with Gasteiger partial charge in [0, 0.05) is 6.42 Å².